The van der Waals surface area contributed by atoms with Crippen LogP contribution in [0.5, 0.6) is 0 Å². The number of rotatable bonds is 2. The van der Waals surface area contributed by atoms with Crippen molar-refractivity contribution < 1.29 is 4.39 Å². The Morgan fingerprint density at radius 3 is 2.76 bits per heavy atom. The number of hydrogen-bond donors (Lipinski definition) is 0. The van der Waals surface area contributed by atoms with Crippen molar-refractivity contribution in [3.8, 4) is 0 Å². The van der Waals surface area contributed by atoms with Gasteiger partial charge in [0.15, 0.2) is 0 Å². The highest BCUT2D eigenvalue weighted by Gasteiger charge is 2.04. The lowest BCUT2D eigenvalue weighted by Gasteiger charge is -2.06. The SMILES string of the molecule is O=c1c(Br)cncn1Cc1ccc(F)c(Br)c1. The molecule has 2 aromatic rings. The first-order chi connectivity index (χ1) is 8.08. The van der Waals surface area contributed by atoms with Gasteiger partial charge in [0.25, 0.3) is 5.56 Å². The molecule has 0 N–H and O–H groups in total. The second kappa shape index (κ2) is 5.10. The Hall–Kier alpha value is -1.01. The molecular formula is C11H7Br2FN2O. The molecule has 0 saturated heterocycles. The average Bonchev–Trinajstić information content (AvgIpc) is 2.30. The standard InChI is InChI=1S/C11H7Br2FN2O/c12-8-3-7(1-2-10(8)14)5-16-6-15-4-9(13)11(16)17/h1-4,6H,5H2. The van der Waals surface area contributed by atoms with E-state index in [4.69, 9.17) is 0 Å². The largest absolute Gasteiger partial charge is 0.294 e. The summed E-state index contributed by atoms with van der Waals surface area (Å²) in [7, 11) is 0. The van der Waals surface area contributed by atoms with E-state index in [-0.39, 0.29) is 11.4 Å². The molecule has 0 saturated carbocycles. The van der Waals surface area contributed by atoms with E-state index >= 15 is 0 Å². The molecule has 0 aliphatic rings. The van der Waals surface area contributed by atoms with Crippen molar-refractivity contribution in [3.05, 3.63) is 61.4 Å². The Morgan fingerprint density at radius 1 is 1.29 bits per heavy atom. The van der Waals surface area contributed by atoms with Gasteiger partial charge in [0.1, 0.15) is 10.3 Å². The van der Waals surface area contributed by atoms with Gasteiger partial charge in [-0.3, -0.25) is 9.36 Å². The molecule has 0 unspecified atom stereocenters. The van der Waals surface area contributed by atoms with E-state index in [1.165, 1.54) is 23.2 Å². The Bertz CT molecular complexity index is 613. The third-order valence-corrected chi connectivity index (χ3v) is 3.35. The molecule has 0 aliphatic carbocycles. The molecule has 3 nitrogen and oxygen atoms in total. The summed E-state index contributed by atoms with van der Waals surface area (Å²) < 4.78 is 15.3. The molecule has 0 amide bonds. The maximum absolute atomic E-state index is 13.0. The molecule has 17 heavy (non-hydrogen) atoms. The lowest BCUT2D eigenvalue weighted by atomic mass is 10.2. The first-order valence-electron chi connectivity index (χ1n) is 4.72. The lowest BCUT2D eigenvalue weighted by molar-refractivity contribution is 0.619. The van der Waals surface area contributed by atoms with Crippen molar-refractivity contribution >= 4 is 31.9 Å². The van der Waals surface area contributed by atoms with E-state index in [1.54, 1.807) is 12.1 Å². The van der Waals surface area contributed by atoms with Crippen molar-refractivity contribution in [2.45, 2.75) is 6.54 Å². The number of hydrogen-bond acceptors (Lipinski definition) is 2. The van der Waals surface area contributed by atoms with E-state index in [0.717, 1.165) is 5.56 Å². The molecule has 0 radical (unpaired) electrons. The third kappa shape index (κ3) is 2.81. The van der Waals surface area contributed by atoms with Gasteiger partial charge in [0, 0.05) is 6.20 Å². The molecule has 0 bridgehead atoms. The van der Waals surface area contributed by atoms with Gasteiger partial charge in [-0.1, -0.05) is 6.07 Å². The first-order valence-corrected chi connectivity index (χ1v) is 6.30. The molecular weight excluding hydrogens is 355 g/mol. The molecule has 1 aromatic heterocycles. The summed E-state index contributed by atoms with van der Waals surface area (Å²) in [5.41, 5.74) is 0.653. The van der Waals surface area contributed by atoms with E-state index in [9.17, 15) is 9.18 Å². The number of halogens is 3. The highest BCUT2D eigenvalue weighted by atomic mass is 79.9. The molecule has 0 spiro atoms. The van der Waals surface area contributed by atoms with Crippen LogP contribution in [-0.2, 0) is 6.54 Å². The molecule has 6 heteroatoms. The molecule has 1 aromatic carbocycles. The zero-order valence-electron chi connectivity index (χ0n) is 8.53. The fourth-order valence-electron chi connectivity index (χ4n) is 1.37. The second-order valence-electron chi connectivity index (χ2n) is 3.42. The topological polar surface area (TPSA) is 34.9 Å². The Balaban J connectivity index is 2.35. The maximum Gasteiger partial charge on any atom is 0.267 e. The quantitative estimate of drug-likeness (QED) is 0.824. The van der Waals surface area contributed by atoms with E-state index in [1.807, 2.05) is 0 Å². The van der Waals surface area contributed by atoms with Crippen molar-refractivity contribution in [1.82, 2.24) is 9.55 Å². The summed E-state index contributed by atoms with van der Waals surface area (Å²) in [4.78, 5) is 15.6. The molecule has 88 valence electrons. The monoisotopic (exact) mass is 360 g/mol. The van der Waals surface area contributed by atoms with Crippen LogP contribution < -0.4 is 5.56 Å². The smallest absolute Gasteiger partial charge is 0.267 e. The molecule has 2 rings (SSSR count). The molecule has 1 heterocycles. The van der Waals surface area contributed by atoms with Crippen LogP contribution in [0.2, 0.25) is 0 Å². The minimum atomic E-state index is -0.325. The Kier molecular flexibility index (Phi) is 3.73. The van der Waals surface area contributed by atoms with Crippen LogP contribution >= 0.6 is 31.9 Å². The fraction of sp³-hybridized carbons (Fsp3) is 0.0909. The highest BCUT2D eigenvalue weighted by molar-refractivity contribution is 9.10. The van der Waals surface area contributed by atoms with Crippen molar-refractivity contribution in [1.29, 1.82) is 0 Å². The van der Waals surface area contributed by atoms with Crippen molar-refractivity contribution in [2.75, 3.05) is 0 Å². The van der Waals surface area contributed by atoms with Crippen LogP contribution in [0.3, 0.4) is 0 Å². The van der Waals surface area contributed by atoms with Crippen LogP contribution in [-0.4, -0.2) is 9.55 Å². The molecule has 0 fully saturated rings. The maximum atomic E-state index is 13.0. The predicted octanol–water partition coefficient (Wildman–Crippen LogP) is 2.96. The summed E-state index contributed by atoms with van der Waals surface area (Å²) in [6.07, 6.45) is 2.89. The van der Waals surface area contributed by atoms with Crippen LogP contribution in [0, 0.1) is 5.82 Å². The minimum absolute atomic E-state index is 0.166. The minimum Gasteiger partial charge on any atom is -0.294 e. The van der Waals surface area contributed by atoms with Gasteiger partial charge in [-0.05, 0) is 49.6 Å². The van der Waals surface area contributed by atoms with Crippen molar-refractivity contribution in [3.63, 3.8) is 0 Å². The number of aromatic nitrogens is 2. The van der Waals surface area contributed by atoms with E-state index in [0.29, 0.717) is 15.5 Å². The zero-order valence-corrected chi connectivity index (χ0v) is 11.7. The Morgan fingerprint density at radius 2 is 2.06 bits per heavy atom. The number of benzene rings is 1. The van der Waals surface area contributed by atoms with E-state index < -0.39 is 0 Å². The van der Waals surface area contributed by atoms with Crippen LogP contribution in [0.1, 0.15) is 5.56 Å². The summed E-state index contributed by atoms with van der Waals surface area (Å²) in [5, 5.41) is 0. The number of nitrogens with zero attached hydrogens (tertiary/aromatic N) is 2. The van der Waals surface area contributed by atoms with Gasteiger partial charge in [-0.25, -0.2) is 9.37 Å². The van der Waals surface area contributed by atoms with Gasteiger partial charge < -0.3 is 0 Å². The van der Waals surface area contributed by atoms with Gasteiger partial charge in [-0.15, -0.1) is 0 Å². The van der Waals surface area contributed by atoms with Gasteiger partial charge >= 0.3 is 0 Å². The van der Waals surface area contributed by atoms with Gasteiger partial charge in [0.2, 0.25) is 0 Å². The highest BCUT2D eigenvalue weighted by Crippen LogP contribution is 2.17. The van der Waals surface area contributed by atoms with Gasteiger partial charge in [0.05, 0.1) is 17.3 Å². The second-order valence-corrected chi connectivity index (χ2v) is 5.13. The molecule has 0 atom stereocenters. The Labute approximate surface area is 114 Å². The average molecular weight is 362 g/mol. The summed E-state index contributed by atoms with van der Waals surface area (Å²) in [5.74, 6) is -0.325. The predicted molar refractivity (Wildman–Crippen MR) is 69.4 cm³/mol. The van der Waals surface area contributed by atoms with Crippen LogP contribution in [0.15, 0.2) is 44.5 Å². The van der Waals surface area contributed by atoms with Crippen molar-refractivity contribution in [2.24, 2.45) is 0 Å². The zero-order chi connectivity index (χ0) is 12.4. The summed E-state index contributed by atoms with van der Waals surface area (Å²) >= 11 is 6.23. The van der Waals surface area contributed by atoms with Gasteiger partial charge in [-0.2, -0.15) is 0 Å². The van der Waals surface area contributed by atoms with E-state index in [2.05, 4.69) is 36.8 Å². The normalized spacial score (nSPS) is 10.5. The first kappa shape index (κ1) is 12.4. The van der Waals surface area contributed by atoms with Crippen LogP contribution in [0.4, 0.5) is 4.39 Å². The van der Waals surface area contributed by atoms with Crippen LogP contribution in [0.25, 0.3) is 0 Å². The summed E-state index contributed by atoms with van der Waals surface area (Å²) in [6, 6.07) is 4.63. The third-order valence-electron chi connectivity index (χ3n) is 2.20. The molecule has 0 aliphatic heterocycles. The summed E-state index contributed by atoms with van der Waals surface area (Å²) in [6.45, 7) is 0.351. The lowest BCUT2D eigenvalue weighted by Crippen LogP contribution is -2.21. The fourth-order valence-corrected chi connectivity index (χ4v) is 2.14.